The normalized spacial score (nSPS) is 12.2. The molecule has 0 atom stereocenters. The van der Waals surface area contributed by atoms with E-state index in [1.807, 2.05) is 6.20 Å². The molecule has 10 aromatic rings. The summed E-state index contributed by atoms with van der Waals surface area (Å²) >= 11 is 0. The fraction of sp³-hybridized carbons (Fsp3) is 0. The van der Waals surface area contributed by atoms with Crippen LogP contribution in [-0.2, 0) is 0 Å². The van der Waals surface area contributed by atoms with Crippen LogP contribution in [0.15, 0.2) is 146 Å². The smallest absolute Gasteiger partial charge is 0.145 e. The van der Waals surface area contributed by atoms with Crippen molar-refractivity contribution in [2.45, 2.75) is 0 Å². The van der Waals surface area contributed by atoms with Gasteiger partial charge in [0.15, 0.2) is 0 Å². The van der Waals surface area contributed by atoms with Crippen molar-refractivity contribution in [1.82, 2.24) is 18.5 Å². The highest BCUT2D eigenvalue weighted by molar-refractivity contribution is 6.23. The molecule has 0 saturated carbocycles. The van der Waals surface area contributed by atoms with Crippen molar-refractivity contribution in [2.75, 3.05) is 0 Å². The van der Waals surface area contributed by atoms with Crippen LogP contribution in [0.2, 0.25) is 0 Å². The summed E-state index contributed by atoms with van der Waals surface area (Å²) in [5.41, 5.74) is 9.22. The second kappa shape index (κ2) is 8.34. The molecular weight excluding hydrogens is 524 g/mol. The third kappa shape index (κ3) is 3.02. The lowest BCUT2D eigenvalue weighted by Gasteiger charge is -2.12. The molecule has 4 aromatic heterocycles. The molecule has 0 spiro atoms. The second-order valence-electron chi connectivity index (χ2n) is 11.3. The molecule has 4 heteroatoms. The van der Waals surface area contributed by atoms with Crippen LogP contribution in [0.25, 0.3) is 82.3 Å². The van der Waals surface area contributed by atoms with E-state index in [1.165, 1.54) is 54.4 Å². The molecule has 0 unspecified atom stereocenters. The number of imidazole rings is 1. The van der Waals surface area contributed by atoms with Crippen molar-refractivity contribution >= 4 is 70.9 Å². The van der Waals surface area contributed by atoms with Gasteiger partial charge in [-0.15, -0.1) is 0 Å². The lowest BCUT2D eigenvalue weighted by molar-refractivity contribution is 1.18. The number of benzene rings is 6. The fourth-order valence-electron chi connectivity index (χ4n) is 7.25. The Morgan fingerprint density at radius 1 is 0.372 bits per heavy atom. The predicted octanol–water partition coefficient (Wildman–Crippen LogP) is 9.83. The third-order valence-corrected chi connectivity index (χ3v) is 9.06. The predicted molar refractivity (Wildman–Crippen MR) is 179 cm³/mol. The number of hydrogen-bond acceptors (Lipinski definition) is 1. The minimum atomic E-state index is 0.969. The van der Waals surface area contributed by atoms with Gasteiger partial charge in [-0.25, -0.2) is 4.98 Å². The highest BCUT2D eigenvalue weighted by Gasteiger charge is 2.19. The van der Waals surface area contributed by atoms with Crippen LogP contribution in [0.4, 0.5) is 0 Å². The van der Waals surface area contributed by atoms with E-state index in [0.717, 1.165) is 27.9 Å². The summed E-state index contributed by atoms with van der Waals surface area (Å²) in [5, 5.41) is 8.59. The molecule has 0 aliphatic rings. The van der Waals surface area contributed by atoms with E-state index in [4.69, 9.17) is 4.98 Å². The summed E-state index contributed by atoms with van der Waals surface area (Å²) in [7, 11) is 0. The van der Waals surface area contributed by atoms with Crippen LogP contribution in [0, 0.1) is 0 Å². The molecule has 0 N–H and O–H groups in total. The van der Waals surface area contributed by atoms with Crippen LogP contribution >= 0.6 is 0 Å². The average molecular weight is 549 g/mol. The van der Waals surface area contributed by atoms with E-state index in [1.54, 1.807) is 0 Å². The molecule has 0 saturated heterocycles. The maximum Gasteiger partial charge on any atom is 0.145 e. The van der Waals surface area contributed by atoms with Gasteiger partial charge in [0.2, 0.25) is 0 Å². The van der Waals surface area contributed by atoms with E-state index in [-0.39, 0.29) is 0 Å². The lowest BCUT2D eigenvalue weighted by Crippen LogP contribution is -1.96. The van der Waals surface area contributed by atoms with E-state index < -0.39 is 0 Å². The van der Waals surface area contributed by atoms with Crippen molar-refractivity contribution in [3.63, 3.8) is 0 Å². The Morgan fingerprint density at radius 2 is 0.884 bits per heavy atom. The Bertz CT molecular complexity index is 2520. The van der Waals surface area contributed by atoms with Gasteiger partial charge in [0.05, 0.1) is 27.6 Å². The van der Waals surface area contributed by atoms with Gasteiger partial charge < -0.3 is 9.13 Å². The Hall–Kier alpha value is -5.87. The van der Waals surface area contributed by atoms with Gasteiger partial charge in [-0.3, -0.25) is 4.40 Å². The molecule has 4 nitrogen and oxygen atoms in total. The molecule has 6 aromatic carbocycles. The number of aromatic nitrogens is 4. The monoisotopic (exact) mass is 548 g/mol. The van der Waals surface area contributed by atoms with Crippen LogP contribution < -0.4 is 0 Å². The highest BCUT2D eigenvalue weighted by atomic mass is 15.0. The summed E-state index contributed by atoms with van der Waals surface area (Å²) in [5.74, 6) is 0. The first-order valence-electron chi connectivity index (χ1n) is 14.6. The molecule has 0 aliphatic carbocycles. The molecular formula is C39H24N4. The first-order chi connectivity index (χ1) is 21.3. The standard InChI is InChI=1S/C39H24N4/c1-3-11-25(12-4-1)42-34-17-9-7-15-27(34)30-21-29-32-22-31-28-16-8-10-18-35(28)43(26-13-5-2-6-14-26)38(31)24-36(32)41-20-19-40-39(41)33(29)23-37(30)42/h1-24H. The number of nitrogens with zero attached hydrogens (tertiary/aromatic N) is 4. The summed E-state index contributed by atoms with van der Waals surface area (Å²) in [6.07, 6.45) is 4.01. The molecule has 10 rings (SSSR count). The lowest BCUT2D eigenvalue weighted by atomic mass is 10.0. The van der Waals surface area contributed by atoms with Gasteiger partial charge >= 0.3 is 0 Å². The largest absolute Gasteiger partial charge is 0.309 e. The fourth-order valence-corrected chi connectivity index (χ4v) is 7.25. The van der Waals surface area contributed by atoms with Crippen LogP contribution in [0.3, 0.4) is 0 Å². The first-order valence-corrected chi connectivity index (χ1v) is 14.6. The number of rotatable bonds is 2. The van der Waals surface area contributed by atoms with Crippen LogP contribution in [-0.4, -0.2) is 18.5 Å². The zero-order valence-corrected chi connectivity index (χ0v) is 23.1. The molecule has 43 heavy (non-hydrogen) atoms. The van der Waals surface area contributed by atoms with Crippen LogP contribution in [0.1, 0.15) is 0 Å². The summed E-state index contributed by atoms with van der Waals surface area (Å²) in [6.45, 7) is 0. The quantitative estimate of drug-likeness (QED) is 0.198. The molecule has 0 amide bonds. The van der Waals surface area contributed by atoms with Gasteiger partial charge in [0.1, 0.15) is 5.65 Å². The van der Waals surface area contributed by atoms with Gasteiger partial charge in [-0.1, -0.05) is 72.8 Å². The Morgan fingerprint density at radius 3 is 1.51 bits per heavy atom. The minimum absolute atomic E-state index is 0.969. The maximum atomic E-state index is 4.91. The van der Waals surface area contributed by atoms with E-state index >= 15 is 0 Å². The van der Waals surface area contributed by atoms with Crippen molar-refractivity contribution in [1.29, 1.82) is 0 Å². The maximum absolute atomic E-state index is 4.91. The zero-order chi connectivity index (χ0) is 28.1. The zero-order valence-electron chi connectivity index (χ0n) is 23.1. The second-order valence-corrected chi connectivity index (χ2v) is 11.3. The number of para-hydroxylation sites is 4. The van der Waals surface area contributed by atoms with Crippen molar-refractivity contribution in [2.24, 2.45) is 0 Å². The van der Waals surface area contributed by atoms with Gasteiger partial charge in [0, 0.05) is 56.1 Å². The van der Waals surface area contributed by atoms with Gasteiger partial charge in [-0.05, 0) is 66.0 Å². The number of hydrogen-bond donors (Lipinski definition) is 0. The molecule has 200 valence electrons. The van der Waals surface area contributed by atoms with Gasteiger partial charge in [-0.2, -0.15) is 0 Å². The van der Waals surface area contributed by atoms with Crippen molar-refractivity contribution < 1.29 is 0 Å². The Balaban J connectivity index is 1.41. The van der Waals surface area contributed by atoms with E-state index in [0.29, 0.717) is 0 Å². The molecule has 0 aliphatic heterocycles. The molecule has 0 fully saturated rings. The third-order valence-electron chi connectivity index (χ3n) is 9.06. The van der Waals surface area contributed by atoms with Crippen molar-refractivity contribution in [3.05, 3.63) is 146 Å². The Labute approximate surface area is 246 Å². The highest BCUT2D eigenvalue weighted by Crippen LogP contribution is 2.41. The average Bonchev–Trinajstić information content (AvgIpc) is 3.77. The number of fused-ring (bicyclic) bond motifs is 12. The summed E-state index contributed by atoms with van der Waals surface area (Å²) in [6, 6.07) is 48.2. The molecule has 4 heterocycles. The first kappa shape index (κ1) is 22.8. The SMILES string of the molecule is c1ccc(-n2c3ccccc3c3cc4c5cc6c7ccccc7n(-c7ccccc7)c6cc5n5ccnc5c4cc32)cc1. The number of pyridine rings is 1. The van der Waals surface area contributed by atoms with E-state index in [9.17, 15) is 0 Å². The summed E-state index contributed by atoms with van der Waals surface area (Å²) < 4.78 is 7.02. The van der Waals surface area contributed by atoms with Crippen LogP contribution in [0.5, 0.6) is 0 Å². The van der Waals surface area contributed by atoms with Crippen molar-refractivity contribution in [3.8, 4) is 11.4 Å². The molecule has 0 radical (unpaired) electrons. The van der Waals surface area contributed by atoms with Gasteiger partial charge in [0.25, 0.3) is 0 Å². The Kier molecular flexibility index (Phi) is 4.42. The van der Waals surface area contributed by atoms with E-state index in [2.05, 4.69) is 153 Å². The topological polar surface area (TPSA) is 27.2 Å². The summed E-state index contributed by atoms with van der Waals surface area (Å²) in [4.78, 5) is 4.91. The molecule has 0 bridgehead atoms. The minimum Gasteiger partial charge on any atom is -0.309 e.